The molecule has 3 aromatic carbocycles. The molecule has 0 aliphatic rings. The summed E-state index contributed by atoms with van der Waals surface area (Å²) in [5.74, 6) is -0.439. The summed E-state index contributed by atoms with van der Waals surface area (Å²) in [5, 5.41) is 11.2. The lowest BCUT2D eigenvalue weighted by Crippen LogP contribution is -2.09. The fourth-order valence-corrected chi connectivity index (χ4v) is 4.61. The molecule has 0 saturated carbocycles. The van der Waals surface area contributed by atoms with Gasteiger partial charge in [-0.25, -0.2) is 4.79 Å². The quantitative estimate of drug-likeness (QED) is 0.450. The molecule has 0 bridgehead atoms. The predicted molar refractivity (Wildman–Crippen MR) is 106 cm³/mol. The Bertz CT molecular complexity index is 1080. The number of fused-ring (bicyclic) bond motifs is 3. The number of rotatable bonds is 4. The van der Waals surface area contributed by atoms with Crippen LogP contribution in [0, 0.1) is 0 Å². The number of carbonyl (C=O) groups is 1. The number of hydrogen-bond donors (Lipinski definition) is 1. The van der Waals surface area contributed by atoms with Crippen molar-refractivity contribution in [2.24, 2.45) is 0 Å². The number of carboxylic acids is 1. The average molecular weight is 413 g/mol. The van der Waals surface area contributed by atoms with Crippen molar-refractivity contribution in [3.63, 3.8) is 0 Å². The Kier molecular flexibility index (Phi) is 4.19. The lowest BCUT2D eigenvalue weighted by molar-refractivity contribution is -0.139. The standard InChI is InChI=1S/C20H13BrO3S/c21-15-9-10-17-20(14-3-1-2-4-16(14)25-17)19(15)12-5-7-13(8-6-12)24-11-18(22)23/h1-10H,11H2,(H,22,23). The number of carboxylic acid groups (broad SMARTS) is 1. The largest absolute Gasteiger partial charge is 0.482 e. The van der Waals surface area contributed by atoms with Crippen LogP contribution in [0.5, 0.6) is 5.75 Å². The zero-order valence-corrected chi connectivity index (χ0v) is 15.4. The van der Waals surface area contributed by atoms with Gasteiger partial charge in [-0.15, -0.1) is 11.3 Å². The molecule has 1 N–H and O–H groups in total. The zero-order valence-electron chi connectivity index (χ0n) is 13.0. The van der Waals surface area contributed by atoms with Gasteiger partial charge in [-0.3, -0.25) is 0 Å². The molecule has 0 atom stereocenters. The zero-order chi connectivity index (χ0) is 17.4. The summed E-state index contributed by atoms with van der Waals surface area (Å²) in [5.41, 5.74) is 2.20. The Hall–Kier alpha value is -2.37. The van der Waals surface area contributed by atoms with Crippen molar-refractivity contribution >= 4 is 53.4 Å². The van der Waals surface area contributed by atoms with E-state index in [-0.39, 0.29) is 6.61 Å². The average Bonchev–Trinajstić information content (AvgIpc) is 2.99. The lowest BCUT2D eigenvalue weighted by atomic mass is 9.99. The molecule has 0 fully saturated rings. The molecule has 3 nitrogen and oxygen atoms in total. The third kappa shape index (κ3) is 3.01. The highest BCUT2D eigenvalue weighted by Gasteiger charge is 2.14. The van der Waals surface area contributed by atoms with E-state index in [0.29, 0.717) is 5.75 Å². The number of aliphatic carboxylic acids is 1. The van der Waals surface area contributed by atoms with Crippen LogP contribution in [0.1, 0.15) is 0 Å². The van der Waals surface area contributed by atoms with E-state index in [9.17, 15) is 4.79 Å². The van der Waals surface area contributed by atoms with Crippen LogP contribution in [0.2, 0.25) is 0 Å². The van der Waals surface area contributed by atoms with E-state index in [4.69, 9.17) is 9.84 Å². The van der Waals surface area contributed by atoms with E-state index < -0.39 is 5.97 Å². The summed E-state index contributed by atoms with van der Waals surface area (Å²) < 4.78 is 8.76. The highest BCUT2D eigenvalue weighted by molar-refractivity contribution is 9.10. The lowest BCUT2D eigenvalue weighted by Gasteiger charge is -2.09. The molecule has 0 unspecified atom stereocenters. The number of halogens is 1. The maximum Gasteiger partial charge on any atom is 0.341 e. The third-order valence-electron chi connectivity index (χ3n) is 4.00. The molecule has 4 rings (SSSR count). The van der Waals surface area contributed by atoms with Crippen LogP contribution in [0.25, 0.3) is 31.3 Å². The Morgan fingerprint density at radius 2 is 1.76 bits per heavy atom. The summed E-state index contributed by atoms with van der Waals surface area (Å²) in [7, 11) is 0. The second kappa shape index (κ2) is 6.50. The molecule has 1 aromatic heterocycles. The maximum atomic E-state index is 10.6. The molecule has 0 aliphatic carbocycles. The number of ether oxygens (including phenoxy) is 1. The van der Waals surface area contributed by atoms with Gasteiger partial charge in [-0.2, -0.15) is 0 Å². The highest BCUT2D eigenvalue weighted by atomic mass is 79.9. The summed E-state index contributed by atoms with van der Waals surface area (Å²) in [6.45, 7) is -0.339. The first-order valence-corrected chi connectivity index (χ1v) is 9.29. The molecule has 5 heteroatoms. The Labute approximate surface area is 156 Å². The maximum absolute atomic E-state index is 10.6. The van der Waals surface area contributed by atoms with E-state index in [1.165, 1.54) is 20.2 Å². The van der Waals surface area contributed by atoms with E-state index in [0.717, 1.165) is 15.6 Å². The molecule has 124 valence electrons. The van der Waals surface area contributed by atoms with Crippen molar-refractivity contribution in [2.75, 3.05) is 6.61 Å². The van der Waals surface area contributed by atoms with E-state index in [2.05, 4.69) is 52.3 Å². The van der Waals surface area contributed by atoms with Gasteiger partial charge in [0.05, 0.1) is 0 Å². The Morgan fingerprint density at radius 3 is 2.52 bits per heavy atom. The van der Waals surface area contributed by atoms with Gasteiger partial charge in [-0.05, 0) is 35.9 Å². The fourth-order valence-electron chi connectivity index (χ4n) is 2.94. The van der Waals surface area contributed by atoms with Crippen molar-refractivity contribution in [2.45, 2.75) is 0 Å². The van der Waals surface area contributed by atoms with Crippen LogP contribution in [-0.4, -0.2) is 17.7 Å². The normalized spacial score (nSPS) is 11.1. The molecule has 0 radical (unpaired) electrons. The summed E-state index contributed by atoms with van der Waals surface area (Å²) in [6, 6.07) is 20.1. The van der Waals surface area contributed by atoms with Crippen LogP contribution in [0.3, 0.4) is 0 Å². The topological polar surface area (TPSA) is 46.5 Å². The summed E-state index contributed by atoms with van der Waals surface area (Å²) in [4.78, 5) is 10.6. The first-order chi connectivity index (χ1) is 12.1. The molecule has 0 amide bonds. The SMILES string of the molecule is O=C(O)COc1ccc(-c2c(Br)ccc3sc4ccccc4c23)cc1. The minimum absolute atomic E-state index is 0.339. The van der Waals surface area contributed by atoms with Gasteiger partial charge in [0.2, 0.25) is 0 Å². The second-order valence-corrected chi connectivity index (χ2v) is 7.54. The van der Waals surface area contributed by atoms with Crippen LogP contribution < -0.4 is 4.74 Å². The molecule has 4 aromatic rings. The van der Waals surface area contributed by atoms with Gasteiger partial charge >= 0.3 is 5.97 Å². The number of thiophene rings is 1. The van der Waals surface area contributed by atoms with Crippen LogP contribution in [0.15, 0.2) is 65.1 Å². The Morgan fingerprint density at radius 1 is 1.00 bits per heavy atom. The highest BCUT2D eigenvalue weighted by Crippen LogP contribution is 2.43. The van der Waals surface area contributed by atoms with E-state index in [1.807, 2.05) is 12.1 Å². The third-order valence-corrected chi connectivity index (χ3v) is 5.79. The minimum atomic E-state index is -0.985. The van der Waals surface area contributed by atoms with Gasteiger partial charge in [-0.1, -0.05) is 46.3 Å². The summed E-state index contributed by atoms with van der Waals surface area (Å²) >= 11 is 5.47. The molecular formula is C20H13BrO3S. The van der Waals surface area contributed by atoms with Gasteiger partial charge in [0.25, 0.3) is 0 Å². The smallest absolute Gasteiger partial charge is 0.341 e. The first kappa shape index (κ1) is 16.1. The van der Waals surface area contributed by atoms with Crippen molar-refractivity contribution < 1.29 is 14.6 Å². The van der Waals surface area contributed by atoms with Crippen LogP contribution in [-0.2, 0) is 4.79 Å². The molecule has 1 heterocycles. The van der Waals surface area contributed by atoms with E-state index >= 15 is 0 Å². The van der Waals surface area contributed by atoms with Gasteiger partial charge in [0.15, 0.2) is 6.61 Å². The minimum Gasteiger partial charge on any atom is -0.482 e. The van der Waals surface area contributed by atoms with Gasteiger partial charge in [0, 0.05) is 30.2 Å². The van der Waals surface area contributed by atoms with Crippen molar-refractivity contribution in [1.82, 2.24) is 0 Å². The molecule has 0 spiro atoms. The van der Waals surface area contributed by atoms with Crippen molar-refractivity contribution in [3.05, 3.63) is 65.1 Å². The molecule has 0 aliphatic heterocycles. The molecule has 25 heavy (non-hydrogen) atoms. The first-order valence-electron chi connectivity index (χ1n) is 7.68. The van der Waals surface area contributed by atoms with Crippen LogP contribution >= 0.6 is 27.3 Å². The van der Waals surface area contributed by atoms with Gasteiger partial charge < -0.3 is 9.84 Å². The number of hydrogen-bond acceptors (Lipinski definition) is 3. The van der Waals surface area contributed by atoms with E-state index in [1.54, 1.807) is 23.5 Å². The Balaban J connectivity index is 1.85. The summed E-state index contributed by atoms with van der Waals surface area (Å²) in [6.07, 6.45) is 0. The molecular weight excluding hydrogens is 400 g/mol. The fraction of sp³-hybridized carbons (Fsp3) is 0.0500. The monoisotopic (exact) mass is 412 g/mol. The van der Waals surface area contributed by atoms with Crippen molar-refractivity contribution in [3.8, 4) is 16.9 Å². The molecule has 0 saturated heterocycles. The second-order valence-electron chi connectivity index (χ2n) is 5.60. The van der Waals surface area contributed by atoms with Gasteiger partial charge in [0.1, 0.15) is 5.75 Å². The predicted octanol–water partition coefficient (Wildman–Crippen LogP) is 5.95. The van der Waals surface area contributed by atoms with Crippen LogP contribution in [0.4, 0.5) is 0 Å². The number of benzene rings is 3. The van der Waals surface area contributed by atoms with Crippen molar-refractivity contribution in [1.29, 1.82) is 0 Å².